The van der Waals surface area contributed by atoms with Crippen molar-refractivity contribution in [2.75, 3.05) is 26.7 Å². The molecule has 23 heteroatoms. The van der Waals surface area contributed by atoms with E-state index in [0.29, 0.717) is 11.5 Å². The van der Waals surface area contributed by atoms with Crippen LogP contribution >= 0.6 is 0 Å². The summed E-state index contributed by atoms with van der Waals surface area (Å²) < 4.78 is 29.1. The normalized spacial score (nSPS) is 21.3. The second-order valence-corrected chi connectivity index (χ2v) is 19.7. The maximum absolute atomic E-state index is 14.2. The average Bonchev–Trinajstić information content (AvgIpc) is 3.70. The fraction of sp³-hybridized carbons (Fsp3) is 0.571. The number of amides is 8. The quantitative estimate of drug-likeness (QED) is 0.0392. The van der Waals surface area contributed by atoms with E-state index in [1.807, 2.05) is 44.2 Å². The Morgan fingerprint density at radius 2 is 1.42 bits per heavy atom. The van der Waals surface area contributed by atoms with Gasteiger partial charge in [-0.25, -0.2) is 9.59 Å². The lowest BCUT2D eigenvalue weighted by atomic mass is 9.43. The molecule has 1 aliphatic heterocycles. The molecule has 0 spiro atoms. The first-order valence-corrected chi connectivity index (χ1v) is 24.2. The monoisotopic (exact) mass is 1000 g/mol. The van der Waals surface area contributed by atoms with E-state index >= 15 is 0 Å². The Morgan fingerprint density at radius 3 is 2.04 bits per heavy atom. The van der Waals surface area contributed by atoms with Crippen molar-refractivity contribution in [1.82, 2.24) is 37.2 Å². The number of primary amides is 1. The lowest BCUT2D eigenvalue weighted by molar-refractivity contribution is -0.199. The van der Waals surface area contributed by atoms with Crippen LogP contribution in [0, 0.1) is 23.2 Å². The molecule has 2 aromatic carbocycles. The average molecular weight is 1000 g/mol. The van der Waals surface area contributed by atoms with Crippen LogP contribution in [0.2, 0.25) is 0 Å². The molecular formula is C49H69BN8O14. The molecule has 9 N–H and O–H groups in total. The molecule has 3 saturated carbocycles. The molecule has 4 fully saturated rings. The molecule has 1 heterocycles. The van der Waals surface area contributed by atoms with Gasteiger partial charge in [-0.1, -0.05) is 88.4 Å². The van der Waals surface area contributed by atoms with E-state index < -0.39 is 116 Å². The third-order valence-corrected chi connectivity index (χ3v) is 13.5. The maximum atomic E-state index is 14.2. The third kappa shape index (κ3) is 15.6. The predicted molar refractivity (Wildman–Crippen MR) is 259 cm³/mol. The summed E-state index contributed by atoms with van der Waals surface area (Å²) in [6.07, 6.45) is -2.50. The molecule has 8 amide bonds. The molecule has 72 heavy (non-hydrogen) atoms. The fourth-order valence-electron chi connectivity index (χ4n) is 9.54. The van der Waals surface area contributed by atoms with Crippen LogP contribution in [-0.4, -0.2) is 129 Å². The van der Waals surface area contributed by atoms with Crippen molar-refractivity contribution in [1.29, 1.82) is 0 Å². The molecule has 0 aromatic heterocycles. The largest absolute Gasteiger partial charge is 0.482 e. The number of ether oxygens (including phenoxy) is 3. The van der Waals surface area contributed by atoms with Crippen molar-refractivity contribution in [3.05, 3.63) is 71.8 Å². The molecule has 0 radical (unpaired) electrons. The highest BCUT2D eigenvalue weighted by Crippen LogP contribution is 2.65. The summed E-state index contributed by atoms with van der Waals surface area (Å²) >= 11 is 0. The van der Waals surface area contributed by atoms with E-state index in [4.69, 9.17) is 29.3 Å². The molecule has 392 valence electrons. The van der Waals surface area contributed by atoms with Gasteiger partial charge in [0.1, 0.15) is 30.8 Å². The number of rotatable bonds is 25. The topological polar surface area (TPSA) is 310 Å². The first-order valence-electron chi connectivity index (χ1n) is 24.2. The van der Waals surface area contributed by atoms with Gasteiger partial charge < -0.3 is 66.5 Å². The first-order chi connectivity index (χ1) is 34.1. The molecule has 3 aliphatic carbocycles. The van der Waals surface area contributed by atoms with Crippen molar-refractivity contribution in [3.63, 3.8) is 0 Å². The number of carbonyl (C=O) groups is 9. The lowest BCUT2D eigenvalue weighted by Gasteiger charge is -2.64. The van der Waals surface area contributed by atoms with Crippen LogP contribution in [0.25, 0.3) is 0 Å². The van der Waals surface area contributed by atoms with E-state index in [1.165, 1.54) is 6.92 Å². The standard InChI is InChI=1S/C49H69BN8O14/c1-28(2)20-33(43(63)54-26-40(61)53-25-38(51)59)55-39(60)18-19-52-45(65)42(58-47(67)69-27-31-16-12-9-13-17-31)29(3)70-41(62)24-34(56-46(66)68-7)44(64)57-37(21-30-14-10-8-11-15-30)50-71-36-23-32-22-35(48(32,4)5)49(36,6)72-50/h8-17,28-29,32-37,42H,18-27H2,1-7H3,(H2,51,59)(H,52,65)(H,53,61)(H,54,63)(H,55,60)(H,56,66)(H,57,64)(H,58,67)/t29-,32+,33+,34+,35+,36-,37+,42+,49+/m1/s1. The third-order valence-electron chi connectivity index (χ3n) is 13.5. The molecule has 2 aromatic rings. The molecule has 9 atom stereocenters. The molecular weight excluding hydrogens is 935 g/mol. The van der Waals surface area contributed by atoms with Crippen molar-refractivity contribution in [2.24, 2.45) is 28.9 Å². The summed E-state index contributed by atoms with van der Waals surface area (Å²) in [7, 11) is 0.222. The smallest absolute Gasteiger partial charge is 0.460 e. The van der Waals surface area contributed by atoms with Gasteiger partial charge in [0.05, 0.1) is 44.3 Å². The van der Waals surface area contributed by atoms with Crippen LogP contribution in [0.15, 0.2) is 60.7 Å². The van der Waals surface area contributed by atoms with Crippen molar-refractivity contribution < 1.29 is 66.7 Å². The van der Waals surface area contributed by atoms with E-state index in [-0.39, 0.29) is 55.8 Å². The van der Waals surface area contributed by atoms with Gasteiger partial charge in [-0.2, -0.15) is 0 Å². The van der Waals surface area contributed by atoms with Crippen LogP contribution in [-0.2, 0) is 70.1 Å². The van der Waals surface area contributed by atoms with Crippen molar-refractivity contribution in [3.8, 4) is 0 Å². The number of alkyl carbamates (subject to hydrolysis) is 2. The van der Waals surface area contributed by atoms with Gasteiger partial charge >= 0.3 is 25.3 Å². The Morgan fingerprint density at radius 1 is 0.750 bits per heavy atom. The minimum atomic E-state index is -1.62. The zero-order valence-electron chi connectivity index (χ0n) is 41.9. The zero-order valence-corrected chi connectivity index (χ0v) is 41.9. The van der Waals surface area contributed by atoms with Gasteiger partial charge in [0.15, 0.2) is 0 Å². The summed E-state index contributed by atoms with van der Waals surface area (Å²) in [4.78, 5) is 116. The number of nitrogens with one attached hydrogen (secondary N) is 7. The van der Waals surface area contributed by atoms with Crippen LogP contribution < -0.4 is 43.0 Å². The molecule has 6 rings (SSSR count). The van der Waals surface area contributed by atoms with Crippen LogP contribution in [0.3, 0.4) is 0 Å². The minimum absolute atomic E-state index is 0.0569. The van der Waals surface area contributed by atoms with E-state index in [1.54, 1.807) is 30.3 Å². The number of esters is 1. The van der Waals surface area contributed by atoms with Gasteiger partial charge in [-0.15, -0.1) is 0 Å². The predicted octanol–water partition coefficient (Wildman–Crippen LogP) is 1.08. The Balaban J connectivity index is 1.25. The van der Waals surface area contributed by atoms with E-state index in [0.717, 1.165) is 25.5 Å². The number of nitrogens with two attached hydrogens (primary N) is 1. The van der Waals surface area contributed by atoms with Gasteiger partial charge in [0, 0.05) is 13.0 Å². The van der Waals surface area contributed by atoms with Gasteiger partial charge in [0.25, 0.3) is 0 Å². The van der Waals surface area contributed by atoms with Crippen LogP contribution in [0.4, 0.5) is 9.59 Å². The van der Waals surface area contributed by atoms with Gasteiger partial charge in [0.2, 0.25) is 35.4 Å². The molecule has 22 nitrogen and oxygen atoms in total. The summed E-state index contributed by atoms with van der Waals surface area (Å²) in [6, 6.07) is 13.8. The first kappa shape index (κ1) is 56.2. The van der Waals surface area contributed by atoms with Crippen LogP contribution in [0.5, 0.6) is 0 Å². The molecule has 2 bridgehead atoms. The second-order valence-electron chi connectivity index (χ2n) is 19.7. The van der Waals surface area contributed by atoms with Crippen molar-refractivity contribution in [2.45, 2.75) is 129 Å². The molecule has 1 saturated heterocycles. The lowest BCUT2D eigenvalue weighted by Crippen LogP contribution is -2.65. The van der Waals surface area contributed by atoms with Gasteiger partial charge in [-0.3, -0.25) is 33.6 Å². The molecule has 4 aliphatic rings. The minimum Gasteiger partial charge on any atom is -0.460 e. The summed E-state index contributed by atoms with van der Waals surface area (Å²) in [6.45, 7) is 10.1. The summed E-state index contributed by atoms with van der Waals surface area (Å²) in [5.41, 5.74) is 6.00. The van der Waals surface area contributed by atoms with Crippen LogP contribution in [0.1, 0.15) is 84.8 Å². The Kier molecular flexibility index (Phi) is 20.0. The Labute approximate surface area is 419 Å². The Hall–Kier alpha value is -6.75. The van der Waals surface area contributed by atoms with E-state index in [2.05, 4.69) is 58.0 Å². The number of carbonyl (C=O) groups excluding carboxylic acids is 9. The number of hydrogen-bond donors (Lipinski definition) is 8. The molecule has 0 unspecified atom stereocenters. The van der Waals surface area contributed by atoms with E-state index in [9.17, 15) is 43.2 Å². The number of hydrogen-bond acceptors (Lipinski definition) is 14. The highest BCUT2D eigenvalue weighted by atomic mass is 16.7. The summed E-state index contributed by atoms with van der Waals surface area (Å²) in [5.74, 6) is -5.60. The Bertz CT molecular complexity index is 2260. The highest BCUT2D eigenvalue weighted by Gasteiger charge is 2.68. The summed E-state index contributed by atoms with van der Waals surface area (Å²) in [5, 5.41) is 17.5. The second kappa shape index (κ2) is 25.6. The highest BCUT2D eigenvalue weighted by molar-refractivity contribution is 6.48. The number of methoxy groups -OCH3 is 1. The SMILES string of the molecule is COC(=O)N[C@@H](CC(=O)O[C@H](C)[C@H](NC(=O)OCc1ccccc1)C(=O)NCCC(=O)N[C@@H](CC(C)C)C(=O)NCC(=O)NCC(N)=O)C(=O)N[C@@H](Cc1ccccc1)B1O[C@@H]2C[C@@H]3C[C@@H](C3(C)C)[C@]2(C)O1. The fourth-order valence-corrected chi connectivity index (χ4v) is 9.54. The van der Waals surface area contributed by atoms with Crippen molar-refractivity contribution >= 4 is 60.7 Å². The zero-order chi connectivity index (χ0) is 52.8. The maximum Gasteiger partial charge on any atom is 0.482 e. The number of benzene rings is 2. The van der Waals surface area contributed by atoms with Gasteiger partial charge in [-0.05, 0) is 73.8 Å².